The van der Waals surface area contributed by atoms with Crippen LogP contribution in [0.4, 0.5) is 0 Å². The second-order valence-corrected chi connectivity index (χ2v) is 3.95. The van der Waals surface area contributed by atoms with Crippen LogP contribution in [-0.4, -0.2) is 30.3 Å². The van der Waals surface area contributed by atoms with Gasteiger partial charge in [-0.25, -0.2) is 0 Å². The van der Waals surface area contributed by atoms with Gasteiger partial charge in [-0.2, -0.15) is 0 Å². The van der Waals surface area contributed by atoms with Crippen LogP contribution in [0.25, 0.3) is 0 Å². The SMILES string of the molecule is CC(C)=CCCN1CCC[C@H]1C=O. The Morgan fingerprint density at radius 3 is 2.92 bits per heavy atom. The molecule has 0 saturated carbocycles. The third-order valence-electron chi connectivity index (χ3n) is 2.54. The van der Waals surface area contributed by atoms with E-state index in [1.807, 2.05) is 0 Å². The summed E-state index contributed by atoms with van der Waals surface area (Å²) in [7, 11) is 0. The van der Waals surface area contributed by atoms with Gasteiger partial charge in [-0.15, -0.1) is 0 Å². The molecule has 2 heteroatoms. The molecule has 1 rings (SSSR count). The van der Waals surface area contributed by atoms with Gasteiger partial charge < -0.3 is 4.79 Å². The lowest BCUT2D eigenvalue weighted by atomic mass is 10.2. The number of rotatable bonds is 4. The molecular weight excluding hydrogens is 162 g/mol. The van der Waals surface area contributed by atoms with Crippen LogP contribution in [0.5, 0.6) is 0 Å². The van der Waals surface area contributed by atoms with Crippen molar-refractivity contribution in [2.24, 2.45) is 0 Å². The molecule has 0 spiro atoms. The molecule has 1 saturated heterocycles. The monoisotopic (exact) mass is 181 g/mol. The van der Waals surface area contributed by atoms with Gasteiger partial charge in [0.2, 0.25) is 0 Å². The largest absolute Gasteiger partial charge is 0.302 e. The Labute approximate surface area is 80.6 Å². The van der Waals surface area contributed by atoms with E-state index in [-0.39, 0.29) is 6.04 Å². The van der Waals surface area contributed by atoms with Crippen LogP contribution in [-0.2, 0) is 4.79 Å². The lowest BCUT2D eigenvalue weighted by molar-refractivity contribution is -0.111. The van der Waals surface area contributed by atoms with E-state index in [2.05, 4.69) is 24.8 Å². The first-order valence-corrected chi connectivity index (χ1v) is 5.06. The summed E-state index contributed by atoms with van der Waals surface area (Å²) in [6.07, 6.45) is 6.64. The maximum Gasteiger partial charge on any atom is 0.137 e. The predicted molar refractivity (Wildman–Crippen MR) is 54.7 cm³/mol. The molecule has 0 aromatic heterocycles. The Morgan fingerprint density at radius 2 is 2.31 bits per heavy atom. The molecule has 0 bridgehead atoms. The third-order valence-corrected chi connectivity index (χ3v) is 2.54. The minimum Gasteiger partial charge on any atom is -0.302 e. The third kappa shape index (κ3) is 3.31. The zero-order valence-corrected chi connectivity index (χ0v) is 8.62. The Morgan fingerprint density at radius 1 is 1.54 bits per heavy atom. The topological polar surface area (TPSA) is 20.3 Å². The van der Waals surface area contributed by atoms with Crippen molar-refractivity contribution in [1.82, 2.24) is 4.90 Å². The van der Waals surface area contributed by atoms with Crippen molar-refractivity contribution < 1.29 is 4.79 Å². The van der Waals surface area contributed by atoms with Crippen molar-refractivity contribution >= 4 is 6.29 Å². The second-order valence-electron chi connectivity index (χ2n) is 3.95. The molecule has 0 N–H and O–H groups in total. The normalized spacial score (nSPS) is 23.1. The number of carbonyl (C=O) groups is 1. The highest BCUT2D eigenvalue weighted by atomic mass is 16.1. The van der Waals surface area contributed by atoms with Crippen molar-refractivity contribution in [1.29, 1.82) is 0 Å². The molecule has 2 nitrogen and oxygen atoms in total. The first kappa shape index (κ1) is 10.5. The molecule has 0 aromatic carbocycles. The summed E-state index contributed by atoms with van der Waals surface area (Å²) in [5.74, 6) is 0. The van der Waals surface area contributed by atoms with Gasteiger partial charge >= 0.3 is 0 Å². The number of hydrogen-bond donors (Lipinski definition) is 0. The zero-order valence-electron chi connectivity index (χ0n) is 8.62. The van der Waals surface area contributed by atoms with E-state index in [9.17, 15) is 4.79 Å². The quantitative estimate of drug-likeness (QED) is 0.488. The minimum absolute atomic E-state index is 0.200. The summed E-state index contributed by atoms with van der Waals surface area (Å²) in [5.41, 5.74) is 1.36. The smallest absolute Gasteiger partial charge is 0.137 e. The van der Waals surface area contributed by atoms with Crippen LogP contribution in [0.2, 0.25) is 0 Å². The van der Waals surface area contributed by atoms with Gasteiger partial charge in [0.15, 0.2) is 0 Å². The van der Waals surface area contributed by atoms with Gasteiger partial charge in [-0.3, -0.25) is 4.90 Å². The lowest BCUT2D eigenvalue weighted by Crippen LogP contribution is -2.31. The number of hydrogen-bond acceptors (Lipinski definition) is 2. The fraction of sp³-hybridized carbons (Fsp3) is 0.727. The van der Waals surface area contributed by atoms with Gasteiger partial charge in [0.25, 0.3) is 0 Å². The fourth-order valence-corrected chi connectivity index (χ4v) is 1.80. The maximum atomic E-state index is 10.7. The summed E-state index contributed by atoms with van der Waals surface area (Å²) >= 11 is 0. The number of allylic oxidation sites excluding steroid dienone is 1. The van der Waals surface area contributed by atoms with Gasteiger partial charge in [0.1, 0.15) is 6.29 Å². The molecule has 0 amide bonds. The number of carbonyl (C=O) groups excluding carboxylic acids is 1. The first-order chi connectivity index (χ1) is 6.24. The standard InChI is InChI=1S/C11H19NO/c1-10(2)5-3-7-12-8-4-6-11(12)9-13/h5,9,11H,3-4,6-8H2,1-2H3/t11-/m0/s1. The second kappa shape index (κ2) is 5.18. The van der Waals surface area contributed by atoms with Crippen LogP contribution in [0.3, 0.4) is 0 Å². The van der Waals surface area contributed by atoms with E-state index in [4.69, 9.17) is 0 Å². The average Bonchev–Trinajstić information content (AvgIpc) is 2.51. The number of nitrogens with zero attached hydrogens (tertiary/aromatic N) is 1. The van der Waals surface area contributed by atoms with Gasteiger partial charge in [-0.05, 0) is 39.7 Å². The zero-order chi connectivity index (χ0) is 9.68. The fourth-order valence-electron chi connectivity index (χ4n) is 1.80. The molecule has 0 radical (unpaired) electrons. The van der Waals surface area contributed by atoms with Gasteiger partial charge in [0.05, 0.1) is 6.04 Å². The molecule has 1 aliphatic rings. The molecule has 74 valence electrons. The molecule has 1 atom stereocenters. The maximum absolute atomic E-state index is 10.7. The highest BCUT2D eigenvalue weighted by Gasteiger charge is 2.22. The molecular formula is C11H19NO. The Kier molecular flexibility index (Phi) is 4.16. The number of aldehydes is 1. The molecule has 13 heavy (non-hydrogen) atoms. The molecule has 1 aliphatic heterocycles. The van der Waals surface area contributed by atoms with E-state index in [0.29, 0.717) is 0 Å². The molecule has 0 aliphatic carbocycles. The van der Waals surface area contributed by atoms with Crippen molar-refractivity contribution in [3.63, 3.8) is 0 Å². The van der Waals surface area contributed by atoms with E-state index < -0.39 is 0 Å². The van der Waals surface area contributed by atoms with Crippen LogP contribution < -0.4 is 0 Å². The summed E-state index contributed by atoms with van der Waals surface area (Å²) in [5, 5.41) is 0. The summed E-state index contributed by atoms with van der Waals surface area (Å²) < 4.78 is 0. The van der Waals surface area contributed by atoms with Crippen LogP contribution >= 0.6 is 0 Å². The summed E-state index contributed by atoms with van der Waals surface area (Å²) in [4.78, 5) is 12.9. The van der Waals surface area contributed by atoms with E-state index >= 15 is 0 Å². The van der Waals surface area contributed by atoms with Gasteiger partial charge in [0, 0.05) is 6.54 Å². The average molecular weight is 181 g/mol. The Balaban J connectivity index is 2.28. The molecule has 1 fully saturated rings. The van der Waals surface area contributed by atoms with Crippen molar-refractivity contribution in [2.75, 3.05) is 13.1 Å². The highest BCUT2D eigenvalue weighted by molar-refractivity contribution is 5.58. The first-order valence-electron chi connectivity index (χ1n) is 5.06. The van der Waals surface area contributed by atoms with Crippen molar-refractivity contribution in [3.8, 4) is 0 Å². The molecule has 0 aromatic rings. The predicted octanol–water partition coefficient (Wildman–Crippen LogP) is 2.01. The van der Waals surface area contributed by atoms with Crippen LogP contribution in [0, 0.1) is 0 Å². The molecule has 1 heterocycles. The Bertz CT molecular complexity index is 194. The Hall–Kier alpha value is -0.630. The van der Waals surface area contributed by atoms with Crippen LogP contribution in [0.1, 0.15) is 33.1 Å². The van der Waals surface area contributed by atoms with E-state index in [1.165, 1.54) is 12.0 Å². The van der Waals surface area contributed by atoms with Gasteiger partial charge in [-0.1, -0.05) is 11.6 Å². The summed E-state index contributed by atoms with van der Waals surface area (Å²) in [6.45, 7) is 6.36. The molecule has 0 unspecified atom stereocenters. The highest BCUT2D eigenvalue weighted by Crippen LogP contribution is 2.15. The van der Waals surface area contributed by atoms with E-state index in [1.54, 1.807) is 0 Å². The minimum atomic E-state index is 0.200. The van der Waals surface area contributed by atoms with Crippen molar-refractivity contribution in [2.45, 2.75) is 39.2 Å². The van der Waals surface area contributed by atoms with Crippen molar-refractivity contribution in [3.05, 3.63) is 11.6 Å². The summed E-state index contributed by atoms with van der Waals surface area (Å²) in [6, 6.07) is 0.200. The van der Waals surface area contributed by atoms with Crippen LogP contribution in [0.15, 0.2) is 11.6 Å². The lowest BCUT2D eigenvalue weighted by Gasteiger charge is -2.18. The number of likely N-dealkylation sites (tertiary alicyclic amines) is 1. The van der Waals surface area contributed by atoms with E-state index in [0.717, 1.165) is 32.2 Å².